The van der Waals surface area contributed by atoms with Gasteiger partial charge in [0.05, 0.1) is 0 Å². The number of nitrogens with one attached hydrogen (secondary N) is 1. The second kappa shape index (κ2) is 16.9. The lowest BCUT2D eigenvalue weighted by Gasteiger charge is -2.23. The van der Waals surface area contributed by atoms with E-state index in [4.69, 9.17) is 0 Å². The average Bonchev–Trinajstić information content (AvgIpc) is 2.58. The molecule has 142 valence electrons. The molecule has 24 heavy (non-hydrogen) atoms. The number of nitrogens with zero attached hydrogens (tertiary/aromatic N) is 2. The minimum Gasteiger partial charge on any atom is -0.316 e. The summed E-state index contributed by atoms with van der Waals surface area (Å²) in [4.78, 5) is 4.81. The SMILES string of the molecule is CC.CC.CNCc1ccc(CN(C)CCN(C)CC(C)C)cc1. The van der Waals surface area contributed by atoms with Gasteiger partial charge in [-0.05, 0) is 38.2 Å². The van der Waals surface area contributed by atoms with Crippen molar-refractivity contribution in [2.75, 3.05) is 40.8 Å². The van der Waals surface area contributed by atoms with Crippen molar-refractivity contribution in [3.05, 3.63) is 35.4 Å². The molecule has 0 unspecified atom stereocenters. The Hall–Kier alpha value is -0.900. The quantitative estimate of drug-likeness (QED) is 0.717. The largest absolute Gasteiger partial charge is 0.316 e. The Kier molecular flexibility index (Phi) is 17.9. The van der Waals surface area contributed by atoms with Gasteiger partial charge in [-0.15, -0.1) is 0 Å². The van der Waals surface area contributed by atoms with Crippen LogP contribution in [0, 0.1) is 5.92 Å². The van der Waals surface area contributed by atoms with Crippen molar-refractivity contribution in [2.24, 2.45) is 5.92 Å². The predicted molar refractivity (Wildman–Crippen MR) is 111 cm³/mol. The highest BCUT2D eigenvalue weighted by molar-refractivity contribution is 5.22. The van der Waals surface area contributed by atoms with Crippen LogP contribution >= 0.6 is 0 Å². The van der Waals surface area contributed by atoms with Gasteiger partial charge in [0, 0.05) is 32.7 Å². The molecule has 0 aliphatic rings. The Balaban J connectivity index is 0. The molecule has 0 aromatic heterocycles. The van der Waals surface area contributed by atoms with Gasteiger partial charge in [0.2, 0.25) is 0 Å². The summed E-state index contributed by atoms with van der Waals surface area (Å²) in [6, 6.07) is 8.90. The molecular weight excluding hydrogens is 294 g/mol. The molecule has 0 atom stereocenters. The van der Waals surface area contributed by atoms with Gasteiger partial charge in [-0.3, -0.25) is 0 Å². The fourth-order valence-corrected chi connectivity index (χ4v) is 2.41. The number of rotatable bonds is 9. The van der Waals surface area contributed by atoms with E-state index in [1.54, 1.807) is 0 Å². The van der Waals surface area contributed by atoms with Gasteiger partial charge < -0.3 is 15.1 Å². The van der Waals surface area contributed by atoms with E-state index < -0.39 is 0 Å². The van der Waals surface area contributed by atoms with Crippen LogP contribution in [0.2, 0.25) is 0 Å². The van der Waals surface area contributed by atoms with E-state index in [2.05, 4.69) is 67.3 Å². The molecule has 1 N–H and O–H groups in total. The van der Waals surface area contributed by atoms with E-state index in [1.165, 1.54) is 17.7 Å². The topological polar surface area (TPSA) is 18.5 Å². The summed E-state index contributed by atoms with van der Waals surface area (Å²) < 4.78 is 0. The third-order valence-electron chi connectivity index (χ3n) is 3.40. The van der Waals surface area contributed by atoms with Gasteiger partial charge in [0.1, 0.15) is 0 Å². The van der Waals surface area contributed by atoms with Crippen LogP contribution in [0.4, 0.5) is 0 Å². The molecule has 1 aromatic carbocycles. The van der Waals surface area contributed by atoms with Crippen LogP contribution in [0.25, 0.3) is 0 Å². The maximum Gasteiger partial charge on any atom is 0.0231 e. The van der Waals surface area contributed by atoms with Gasteiger partial charge in [-0.25, -0.2) is 0 Å². The molecular formula is C21H43N3. The monoisotopic (exact) mass is 337 g/mol. The first-order valence-electron chi connectivity index (χ1n) is 9.60. The first-order valence-corrected chi connectivity index (χ1v) is 9.60. The minimum absolute atomic E-state index is 0.741. The Morgan fingerprint density at radius 3 is 1.75 bits per heavy atom. The smallest absolute Gasteiger partial charge is 0.0231 e. The third-order valence-corrected chi connectivity index (χ3v) is 3.40. The van der Waals surface area contributed by atoms with Crippen LogP contribution < -0.4 is 5.32 Å². The molecule has 0 amide bonds. The van der Waals surface area contributed by atoms with Gasteiger partial charge in [0.25, 0.3) is 0 Å². The van der Waals surface area contributed by atoms with Crippen molar-refractivity contribution in [3.63, 3.8) is 0 Å². The van der Waals surface area contributed by atoms with E-state index in [0.29, 0.717) is 0 Å². The van der Waals surface area contributed by atoms with Gasteiger partial charge in [-0.2, -0.15) is 0 Å². The summed E-state index contributed by atoms with van der Waals surface area (Å²) in [7, 11) is 6.39. The Morgan fingerprint density at radius 1 is 0.833 bits per heavy atom. The molecule has 1 rings (SSSR count). The predicted octanol–water partition coefficient (Wildman–Crippen LogP) is 4.48. The normalized spacial score (nSPS) is 10.3. The number of hydrogen-bond donors (Lipinski definition) is 1. The summed E-state index contributed by atoms with van der Waals surface area (Å²) in [5, 5.41) is 3.18. The highest BCUT2D eigenvalue weighted by atomic mass is 15.2. The summed E-state index contributed by atoms with van der Waals surface area (Å²) in [5.41, 5.74) is 2.73. The van der Waals surface area contributed by atoms with Gasteiger partial charge in [0.15, 0.2) is 0 Å². The molecule has 0 heterocycles. The molecule has 3 heteroatoms. The molecule has 3 nitrogen and oxygen atoms in total. The van der Waals surface area contributed by atoms with Crippen molar-refractivity contribution in [3.8, 4) is 0 Å². The lowest BCUT2D eigenvalue weighted by atomic mass is 10.1. The van der Waals surface area contributed by atoms with Crippen molar-refractivity contribution < 1.29 is 0 Å². The molecule has 0 bridgehead atoms. The Morgan fingerprint density at radius 2 is 1.29 bits per heavy atom. The van der Waals surface area contributed by atoms with E-state index in [1.807, 2.05) is 34.7 Å². The summed E-state index contributed by atoms with van der Waals surface area (Å²) in [5.74, 6) is 0.741. The van der Waals surface area contributed by atoms with Crippen molar-refractivity contribution in [1.82, 2.24) is 15.1 Å². The highest BCUT2D eigenvalue weighted by Gasteiger charge is 2.05. The summed E-state index contributed by atoms with van der Waals surface area (Å²) >= 11 is 0. The lowest BCUT2D eigenvalue weighted by Crippen LogP contribution is -2.32. The first-order chi connectivity index (χ1) is 11.5. The standard InChI is InChI=1S/C17H31N3.2C2H6/c1-15(2)13-19(4)10-11-20(5)14-17-8-6-16(7-9-17)12-18-3;2*1-2/h6-9,15,18H,10-14H2,1-5H3;2*1-2H3. The number of hydrogen-bond acceptors (Lipinski definition) is 3. The van der Waals surface area contributed by atoms with Crippen LogP contribution in [0.3, 0.4) is 0 Å². The number of benzene rings is 1. The van der Waals surface area contributed by atoms with Crippen molar-refractivity contribution in [1.29, 1.82) is 0 Å². The van der Waals surface area contributed by atoms with E-state index in [-0.39, 0.29) is 0 Å². The molecule has 0 saturated carbocycles. The zero-order chi connectivity index (χ0) is 19.0. The third kappa shape index (κ3) is 13.5. The molecule has 0 aliphatic carbocycles. The van der Waals surface area contributed by atoms with E-state index >= 15 is 0 Å². The highest BCUT2D eigenvalue weighted by Crippen LogP contribution is 2.07. The summed E-state index contributed by atoms with van der Waals surface area (Å²) in [6.07, 6.45) is 0. The minimum atomic E-state index is 0.741. The maximum absolute atomic E-state index is 3.18. The molecule has 0 aliphatic heterocycles. The summed E-state index contributed by atoms with van der Waals surface area (Å²) in [6.45, 7) is 17.9. The fourth-order valence-electron chi connectivity index (χ4n) is 2.41. The van der Waals surface area contributed by atoms with Crippen LogP contribution in [-0.4, -0.2) is 50.6 Å². The van der Waals surface area contributed by atoms with Crippen molar-refractivity contribution in [2.45, 2.75) is 54.6 Å². The molecule has 0 saturated heterocycles. The molecule has 0 fully saturated rings. The first kappa shape index (κ1) is 25.3. The van der Waals surface area contributed by atoms with E-state index in [0.717, 1.165) is 32.1 Å². The van der Waals surface area contributed by atoms with E-state index in [9.17, 15) is 0 Å². The van der Waals surface area contributed by atoms with Crippen LogP contribution in [0.5, 0.6) is 0 Å². The average molecular weight is 338 g/mol. The molecule has 1 aromatic rings. The van der Waals surface area contributed by atoms with Crippen LogP contribution in [0.1, 0.15) is 52.7 Å². The fraction of sp³-hybridized carbons (Fsp3) is 0.714. The van der Waals surface area contributed by atoms with Crippen molar-refractivity contribution >= 4 is 0 Å². The van der Waals surface area contributed by atoms with Crippen LogP contribution in [-0.2, 0) is 13.1 Å². The second-order valence-electron chi connectivity index (χ2n) is 6.24. The second-order valence-corrected chi connectivity index (χ2v) is 6.24. The van der Waals surface area contributed by atoms with Gasteiger partial charge >= 0.3 is 0 Å². The zero-order valence-corrected chi connectivity index (χ0v) is 17.8. The number of likely N-dealkylation sites (N-methyl/N-ethyl adjacent to an activating group) is 2. The molecule has 0 radical (unpaired) electrons. The van der Waals surface area contributed by atoms with Gasteiger partial charge in [-0.1, -0.05) is 65.8 Å². The molecule has 0 spiro atoms. The van der Waals surface area contributed by atoms with Crippen LogP contribution in [0.15, 0.2) is 24.3 Å². The Bertz CT molecular complexity index is 360. The maximum atomic E-state index is 3.18. The zero-order valence-electron chi connectivity index (χ0n) is 17.8. The Labute approximate surface area is 152 Å². The lowest BCUT2D eigenvalue weighted by molar-refractivity contribution is 0.236.